The first kappa shape index (κ1) is 37.3. The van der Waals surface area contributed by atoms with Crippen molar-refractivity contribution in [2.24, 2.45) is 0 Å². The Bertz CT molecular complexity index is 1310. The van der Waals surface area contributed by atoms with Crippen LogP contribution in [0.15, 0.2) is 42.0 Å². The van der Waals surface area contributed by atoms with Crippen molar-refractivity contribution in [1.82, 2.24) is 15.1 Å². The summed E-state index contributed by atoms with van der Waals surface area (Å²) in [7, 11) is 3.35. The summed E-state index contributed by atoms with van der Waals surface area (Å²) in [4.78, 5) is 55.4. The number of nitrogens with zero attached hydrogens (tertiary/aromatic N) is 2. The number of ether oxygens (including phenoxy) is 3. The highest BCUT2D eigenvalue weighted by Crippen LogP contribution is 2.43. The number of benzene rings is 1. The molecule has 1 aliphatic carbocycles. The lowest BCUT2D eigenvalue weighted by atomic mass is 9.91. The van der Waals surface area contributed by atoms with E-state index in [9.17, 15) is 24.3 Å². The van der Waals surface area contributed by atoms with Crippen LogP contribution in [0.2, 0.25) is 0 Å². The van der Waals surface area contributed by atoms with Gasteiger partial charge in [-0.1, -0.05) is 51.7 Å². The Kier molecular flexibility index (Phi) is 13.8. The van der Waals surface area contributed by atoms with Crippen LogP contribution >= 0.6 is 0 Å². The SMILES string of the molecule is CCCCCC1(CCCCC)OC2C=C(C(=O)N3CCCC3C(=O)NCCO)CC(OC(=O)c3ccc(C=CC(=O)N(C)C)cc3)C2O1. The molecule has 0 aromatic heterocycles. The highest BCUT2D eigenvalue weighted by Gasteiger charge is 2.53. The van der Waals surface area contributed by atoms with Gasteiger partial charge >= 0.3 is 5.97 Å². The van der Waals surface area contributed by atoms with Crippen molar-refractivity contribution in [2.45, 2.75) is 115 Å². The van der Waals surface area contributed by atoms with Crippen LogP contribution in [0.25, 0.3) is 6.08 Å². The van der Waals surface area contributed by atoms with Crippen LogP contribution in [0.5, 0.6) is 0 Å². The second-order valence-electron chi connectivity index (χ2n) is 13.2. The van der Waals surface area contributed by atoms with Crippen molar-refractivity contribution in [3.8, 4) is 0 Å². The molecule has 0 radical (unpaired) electrons. The first-order chi connectivity index (χ1) is 23.1. The Balaban J connectivity index is 1.58. The van der Waals surface area contributed by atoms with Crippen molar-refractivity contribution in [3.05, 3.63) is 53.1 Å². The van der Waals surface area contributed by atoms with Gasteiger partial charge in [-0.3, -0.25) is 14.4 Å². The minimum Gasteiger partial charge on any atom is -0.456 e. The smallest absolute Gasteiger partial charge is 0.338 e. The van der Waals surface area contributed by atoms with Gasteiger partial charge in [-0.2, -0.15) is 0 Å². The lowest BCUT2D eigenvalue weighted by molar-refractivity contribution is -0.190. The molecule has 4 unspecified atom stereocenters. The van der Waals surface area contributed by atoms with Gasteiger partial charge in [0.2, 0.25) is 17.7 Å². The lowest BCUT2D eigenvalue weighted by Crippen LogP contribution is -2.49. The van der Waals surface area contributed by atoms with Gasteiger partial charge in [-0.05, 0) is 55.5 Å². The van der Waals surface area contributed by atoms with Crippen LogP contribution in [-0.2, 0) is 28.6 Å². The van der Waals surface area contributed by atoms with Gasteiger partial charge in [0.25, 0.3) is 0 Å². The molecule has 0 spiro atoms. The number of carbonyl (C=O) groups is 4. The number of unbranched alkanes of at least 4 members (excludes halogenated alkanes) is 4. The zero-order chi connectivity index (χ0) is 34.7. The molecule has 3 aliphatic rings. The van der Waals surface area contributed by atoms with Gasteiger partial charge in [0.15, 0.2) is 5.79 Å². The highest BCUT2D eigenvalue weighted by molar-refractivity contribution is 5.98. The number of likely N-dealkylation sites (N-methyl/N-ethyl adjacent to an activating group) is 1. The zero-order valence-corrected chi connectivity index (χ0v) is 28.9. The number of fused-ring (bicyclic) bond motifs is 1. The highest BCUT2D eigenvalue weighted by atomic mass is 16.8. The quantitative estimate of drug-likeness (QED) is 0.151. The van der Waals surface area contributed by atoms with Gasteiger partial charge in [0.1, 0.15) is 24.4 Å². The van der Waals surface area contributed by atoms with Crippen molar-refractivity contribution < 1.29 is 38.5 Å². The van der Waals surface area contributed by atoms with E-state index in [1.807, 2.05) is 6.08 Å². The van der Waals surface area contributed by atoms with Gasteiger partial charge in [0, 0.05) is 58.1 Å². The summed E-state index contributed by atoms with van der Waals surface area (Å²) in [6.45, 7) is 4.67. The molecule has 0 saturated carbocycles. The number of aliphatic hydroxyl groups is 1. The third-order valence-electron chi connectivity index (χ3n) is 9.27. The molecule has 1 aromatic rings. The van der Waals surface area contributed by atoms with Gasteiger partial charge in [-0.25, -0.2) is 4.79 Å². The molecular formula is C37H53N3O8. The third-order valence-corrected chi connectivity index (χ3v) is 9.27. The van der Waals surface area contributed by atoms with E-state index >= 15 is 0 Å². The van der Waals surface area contributed by atoms with Crippen molar-refractivity contribution >= 4 is 29.8 Å². The maximum Gasteiger partial charge on any atom is 0.338 e. The molecule has 2 heterocycles. The maximum atomic E-state index is 14.0. The molecule has 4 atom stereocenters. The lowest BCUT2D eigenvalue weighted by Gasteiger charge is -2.33. The number of likely N-dealkylation sites (tertiary alicyclic amines) is 1. The number of aliphatic hydroxyl groups excluding tert-OH is 1. The number of esters is 1. The Hall–Kier alpha value is -3.54. The van der Waals surface area contributed by atoms with E-state index < -0.39 is 36.1 Å². The summed E-state index contributed by atoms with van der Waals surface area (Å²) in [5.41, 5.74) is 1.53. The van der Waals surface area contributed by atoms with Gasteiger partial charge < -0.3 is 34.4 Å². The number of amides is 3. The van der Waals surface area contributed by atoms with E-state index in [0.29, 0.717) is 43.4 Å². The summed E-state index contributed by atoms with van der Waals surface area (Å²) in [6.07, 6.45) is 11.8. The molecule has 2 saturated heterocycles. The number of carbonyl (C=O) groups excluding carboxylic acids is 4. The molecule has 264 valence electrons. The summed E-state index contributed by atoms with van der Waals surface area (Å²) in [6, 6.07) is 6.15. The molecule has 3 amide bonds. The molecule has 2 N–H and O–H groups in total. The Morgan fingerprint density at radius 1 is 1.04 bits per heavy atom. The van der Waals surface area contributed by atoms with E-state index in [4.69, 9.17) is 14.2 Å². The van der Waals surface area contributed by atoms with E-state index in [-0.39, 0.29) is 37.3 Å². The molecule has 1 aromatic carbocycles. The molecule has 4 rings (SSSR count). The first-order valence-electron chi connectivity index (χ1n) is 17.6. The van der Waals surface area contributed by atoms with Crippen LogP contribution in [-0.4, -0.2) is 103 Å². The summed E-state index contributed by atoms with van der Waals surface area (Å²) < 4.78 is 19.6. The van der Waals surface area contributed by atoms with Crippen LogP contribution < -0.4 is 5.32 Å². The summed E-state index contributed by atoms with van der Waals surface area (Å²) in [5.74, 6) is -2.10. The van der Waals surface area contributed by atoms with Crippen LogP contribution in [0.1, 0.15) is 100 Å². The van der Waals surface area contributed by atoms with Crippen LogP contribution in [0.3, 0.4) is 0 Å². The monoisotopic (exact) mass is 667 g/mol. The average molecular weight is 668 g/mol. The van der Waals surface area contributed by atoms with Crippen LogP contribution in [0.4, 0.5) is 0 Å². The van der Waals surface area contributed by atoms with Gasteiger partial charge in [-0.15, -0.1) is 0 Å². The molecule has 2 aliphatic heterocycles. The molecular weight excluding hydrogens is 614 g/mol. The van der Waals surface area contributed by atoms with Crippen molar-refractivity contribution in [3.63, 3.8) is 0 Å². The Labute approximate surface area is 284 Å². The molecule has 48 heavy (non-hydrogen) atoms. The fourth-order valence-corrected chi connectivity index (χ4v) is 6.61. The summed E-state index contributed by atoms with van der Waals surface area (Å²) in [5, 5.41) is 11.9. The van der Waals surface area contributed by atoms with Crippen LogP contribution in [0, 0.1) is 0 Å². The second kappa shape index (κ2) is 17.7. The predicted octanol–water partition coefficient (Wildman–Crippen LogP) is 4.38. The minimum absolute atomic E-state index is 0.122. The molecule has 0 bridgehead atoms. The molecule has 11 heteroatoms. The molecule has 2 fully saturated rings. The topological polar surface area (TPSA) is 135 Å². The van der Waals surface area contributed by atoms with E-state index in [1.165, 1.54) is 11.0 Å². The average Bonchev–Trinajstić information content (AvgIpc) is 3.72. The van der Waals surface area contributed by atoms with E-state index in [2.05, 4.69) is 19.2 Å². The predicted molar refractivity (Wildman–Crippen MR) is 182 cm³/mol. The number of hydrogen-bond acceptors (Lipinski definition) is 8. The minimum atomic E-state index is -0.836. The number of nitrogens with one attached hydrogen (secondary N) is 1. The standard InChI is InChI=1S/C37H53N3O8/c1-5-7-9-19-37(20-10-8-6-2)47-31-25-28(35(44)40-22-11-12-29(40)34(43)38-21-23-41)24-30(33(31)48-37)46-36(45)27-16-13-26(14-17-27)15-18-32(42)39(3)4/h13-18,25,29-31,33,41H,5-12,19-24H2,1-4H3,(H,38,43). The maximum absolute atomic E-state index is 14.0. The van der Waals surface area contributed by atoms with Crippen molar-refractivity contribution in [2.75, 3.05) is 33.8 Å². The zero-order valence-electron chi connectivity index (χ0n) is 28.9. The fourth-order valence-electron chi connectivity index (χ4n) is 6.61. The second-order valence-corrected chi connectivity index (χ2v) is 13.2. The molecule has 11 nitrogen and oxygen atoms in total. The van der Waals surface area contributed by atoms with Gasteiger partial charge in [0.05, 0.1) is 12.2 Å². The number of hydrogen-bond donors (Lipinski definition) is 2. The number of rotatable bonds is 16. The first-order valence-corrected chi connectivity index (χ1v) is 17.6. The third kappa shape index (κ3) is 9.54. The normalized spacial score (nSPS) is 23.1. The largest absolute Gasteiger partial charge is 0.456 e. The van der Waals surface area contributed by atoms with E-state index in [0.717, 1.165) is 44.1 Å². The Morgan fingerprint density at radius 3 is 2.35 bits per heavy atom. The summed E-state index contributed by atoms with van der Waals surface area (Å²) >= 11 is 0. The van der Waals surface area contributed by atoms with E-state index in [1.54, 1.807) is 49.3 Å². The van der Waals surface area contributed by atoms with Crippen molar-refractivity contribution in [1.29, 1.82) is 0 Å². The Morgan fingerprint density at radius 2 is 1.73 bits per heavy atom. The fraction of sp³-hybridized carbons (Fsp3) is 0.622.